The summed E-state index contributed by atoms with van der Waals surface area (Å²) in [6, 6.07) is 0. The van der Waals surface area contributed by atoms with Crippen LogP contribution >= 0.6 is 15.6 Å². The lowest BCUT2D eigenvalue weighted by Crippen LogP contribution is -2.30. The highest BCUT2D eigenvalue weighted by Gasteiger charge is 2.30. The molecule has 0 saturated heterocycles. The molecule has 0 aliphatic carbocycles. The summed E-state index contributed by atoms with van der Waals surface area (Å²) in [4.78, 5) is 73.2. The molecular weight excluding hydrogens is 1370 g/mol. The Labute approximate surface area is 645 Å². The third-order valence-electron chi connectivity index (χ3n) is 20.3. The first-order valence-electron chi connectivity index (χ1n) is 44.6. The smallest absolute Gasteiger partial charge is 0.462 e. The topological polar surface area (TPSA) is 237 Å². The quantitative estimate of drug-likeness (QED) is 0.0222. The molecule has 624 valence electrons. The highest BCUT2D eigenvalue weighted by Crippen LogP contribution is 2.45. The minimum atomic E-state index is -4.97. The lowest BCUT2D eigenvalue weighted by Gasteiger charge is -2.21. The van der Waals surface area contributed by atoms with Crippen LogP contribution in [0.2, 0.25) is 0 Å². The number of hydrogen-bond acceptors (Lipinski definition) is 15. The zero-order valence-electron chi connectivity index (χ0n) is 68.9. The van der Waals surface area contributed by atoms with Gasteiger partial charge in [0.1, 0.15) is 19.3 Å². The fraction of sp³-hybridized carbons (Fsp3) is 0.953. The number of phosphoric acid groups is 2. The van der Waals surface area contributed by atoms with E-state index in [0.29, 0.717) is 25.7 Å². The largest absolute Gasteiger partial charge is 0.472 e. The van der Waals surface area contributed by atoms with Gasteiger partial charge in [-0.1, -0.05) is 413 Å². The molecule has 0 aliphatic heterocycles. The highest BCUT2D eigenvalue weighted by molar-refractivity contribution is 7.47. The van der Waals surface area contributed by atoms with Gasteiger partial charge in [-0.2, -0.15) is 0 Å². The second-order valence-corrected chi connectivity index (χ2v) is 34.3. The van der Waals surface area contributed by atoms with Crippen molar-refractivity contribution in [1.29, 1.82) is 0 Å². The van der Waals surface area contributed by atoms with Crippen LogP contribution in [0.5, 0.6) is 0 Å². The second-order valence-electron chi connectivity index (χ2n) is 31.4. The summed E-state index contributed by atoms with van der Waals surface area (Å²) in [5, 5.41) is 10.7. The van der Waals surface area contributed by atoms with Crippen LogP contribution in [0.3, 0.4) is 0 Å². The summed E-state index contributed by atoms with van der Waals surface area (Å²) in [6.45, 7) is 7.40. The Bertz CT molecular complexity index is 2000. The fourth-order valence-corrected chi connectivity index (χ4v) is 15.1. The third-order valence-corrected chi connectivity index (χ3v) is 22.2. The summed E-state index contributed by atoms with van der Waals surface area (Å²) in [5.74, 6) is -1.28. The van der Waals surface area contributed by atoms with E-state index in [1.54, 1.807) is 0 Å². The van der Waals surface area contributed by atoms with E-state index in [2.05, 4.69) is 34.6 Å². The van der Waals surface area contributed by atoms with E-state index in [0.717, 1.165) is 95.8 Å². The van der Waals surface area contributed by atoms with Crippen molar-refractivity contribution in [3.05, 3.63) is 0 Å². The number of ether oxygens (including phenoxy) is 4. The first kappa shape index (κ1) is 103. The average molecular weight is 1540 g/mol. The lowest BCUT2D eigenvalue weighted by molar-refractivity contribution is -0.161. The van der Waals surface area contributed by atoms with E-state index in [1.165, 1.54) is 289 Å². The van der Waals surface area contributed by atoms with Crippen molar-refractivity contribution in [3.8, 4) is 0 Å². The lowest BCUT2D eigenvalue weighted by atomic mass is 10.0. The molecule has 0 saturated carbocycles. The van der Waals surface area contributed by atoms with Crippen molar-refractivity contribution >= 4 is 39.5 Å². The molecule has 0 rings (SSSR count). The van der Waals surface area contributed by atoms with Gasteiger partial charge in [0.2, 0.25) is 0 Å². The number of esters is 4. The molecule has 5 atom stereocenters. The van der Waals surface area contributed by atoms with Crippen molar-refractivity contribution in [2.45, 2.75) is 483 Å². The molecule has 0 aromatic heterocycles. The predicted molar refractivity (Wildman–Crippen MR) is 432 cm³/mol. The van der Waals surface area contributed by atoms with E-state index in [4.69, 9.17) is 37.0 Å². The minimum absolute atomic E-state index is 0.109. The van der Waals surface area contributed by atoms with Gasteiger partial charge in [-0.05, 0) is 31.6 Å². The van der Waals surface area contributed by atoms with Crippen LogP contribution in [-0.4, -0.2) is 96.7 Å². The maximum absolute atomic E-state index is 13.2. The van der Waals surface area contributed by atoms with Crippen LogP contribution in [-0.2, 0) is 65.4 Å². The van der Waals surface area contributed by atoms with E-state index in [9.17, 15) is 43.2 Å². The van der Waals surface area contributed by atoms with Crippen molar-refractivity contribution in [1.82, 2.24) is 0 Å². The molecule has 0 fully saturated rings. The summed E-state index contributed by atoms with van der Waals surface area (Å²) in [6.07, 6.45) is 72.1. The maximum atomic E-state index is 13.2. The van der Waals surface area contributed by atoms with Crippen molar-refractivity contribution < 1.29 is 80.2 Å². The SMILES string of the molecule is CCCCCCCCCCCCCCCCCCCCCCC(=O)O[C@H](COC(=O)CCCCCCCCCCCCCCCCCCC(C)C)COP(=O)(O)OC[C@@H](O)COP(=O)(O)OC[C@@H](COC(=O)CCCCCCCCCCCCCC)OC(=O)CCCCCCCCCCCCCCCC. The molecule has 0 aliphatic rings. The molecule has 0 spiro atoms. The zero-order valence-corrected chi connectivity index (χ0v) is 70.7. The summed E-state index contributed by atoms with van der Waals surface area (Å²) < 4.78 is 68.9. The Kier molecular flexibility index (Phi) is 77.3. The molecule has 0 radical (unpaired) electrons. The molecule has 19 heteroatoms. The van der Waals surface area contributed by atoms with Gasteiger partial charge in [0.15, 0.2) is 12.2 Å². The van der Waals surface area contributed by atoms with Crippen LogP contribution in [0, 0.1) is 5.92 Å². The van der Waals surface area contributed by atoms with E-state index >= 15 is 0 Å². The number of phosphoric ester groups is 2. The summed E-state index contributed by atoms with van der Waals surface area (Å²) in [7, 11) is -9.93. The number of hydrogen-bond donors (Lipinski definition) is 3. The number of aliphatic hydroxyl groups is 1. The Balaban J connectivity index is 5.24. The monoisotopic (exact) mass is 1540 g/mol. The Morgan fingerprint density at radius 3 is 0.648 bits per heavy atom. The van der Waals surface area contributed by atoms with Crippen LogP contribution in [0.1, 0.15) is 465 Å². The van der Waals surface area contributed by atoms with Crippen LogP contribution < -0.4 is 0 Å². The standard InChI is InChI=1S/C86H168O17P2/c1-6-9-12-15-18-21-24-27-29-30-31-32-33-38-42-47-52-57-62-67-72-86(91)103-82(76-97-84(89)70-65-60-55-50-45-41-37-35-34-36-39-43-48-53-58-63-68-79(4)5)78-101-105(94,95)99-74-80(87)73-98-104(92,93)100-77-81(75-96-83(88)69-64-59-54-49-44-26-23-20-17-14-11-8-3)102-85(90)71-66-61-56-51-46-40-28-25-22-19-16-13-10-7-2/h79-82,87H,6-78H2,1-5H3,(H,92,93)(H,94,95)/t80-,81+,82+/m0/s1. The molecule has 2 unspecified atom stereocenters. The first-order chi connectivity index (χ1) is 51.0. The predicted octanol–water partition coefficient (Wildman–Crippen LogP) is 26.4. The number of carbonyl (C=O) groups excluding carboxylic acids is 4. The number of rotatable bonds is 86. The van der Waals surface area contributed by atoms with Crippen molar-refractivity contribution in [3.63, 3.8) is 0 Å². The van der Waals surface area contributed by atoms with Gasteiger partial charge in [0, 0.05) is 25.7 Å². The van der Waals surface area contributed by atoms with Gasteiger partial charge >= 0.3 is 39.5 Å². The van der Waals surface area contributed by atoms with Gasteiger partial charge in [0.25, 0.3) is 0 Å². The second kappa shape index (κ2) is 78.7. The number of carbonyl (C=O) groups is 4. The van der Waals surface area contributed by atoms with Crippen molar-refractivity contribution in [2.75, 3.05) is 39.6 Å². The maximum Gasteiger partial charge on any atom is 0.472 e. The summed E-state index contributed by atoms with van der Waals surface area (Å²) in [5.41, 5.74) is 0. The van der Waals surface area contributed by atoms with Gasteiger partial charge < -0.3 is 33.8 Å². The number of aliphatic hydroxyl groups excluding tert-OH is 1. The average Bonchev–Trinajstić information content (AvgIpc) is 0.910. The minimum Gasteiger partial charge on any atom is -0.462 e. The van der Waals surface area contributed by atoms with E-state index < -0.39 is 97.5 Å². The third kappa shape index (κ3) is 79.9. The molecule has 0 bridgehead atoms. The Morgan fingerprint density at radius 1 is 0.257 bits per heavy atom. The summed E-state index contributed by atoms with van der Waals surface area (Å²) >= 11 is 0. The molecule has 105 heavy (non-hydrogen) atoms. The molecule has 0 heterocycles. The fourth-order valence-electron chi connectivity index (χ4n) is 13.5. The van der Waals surface area contributed by atoms with Gasteiger partial charge in [0.05, 0.1) is 26.4 Å². The Hall–Kier alpha value is -1.94. The van der Waals surface area contributed by atoms with Crippen molar-refractivity contribution in [2.24, 2.45) is 5.92 Å². The Morgan fingerprint density at radius 2 is 0.438 bits per heavy atom. The molecule has 0 amide bonds. The number of unbranched alkanes of at least 4 members (excludes halogenated alkanes) is 58. The first-order valence-corrected chi connectivity index (χ1v) is 47.6. The highest BCUT2D eigenvalue weighted by atomic mass is 31.2. The zero-order chi connectivity index (χ0) is 76.9. The van der Waals surface area contributed by atoms with Crippen LogP contribution in [0.15, 0.2) is 0 Å². The molecular formula is C86H168O17P2. The molecule has 0 aromatic carbocycles. The van der Waals surface area contributed by atoms with Gasteiger partial charge in [-0.25, -0.2) is 9.13 Å². The molecule has 3 N–H and O–H groups in total. The van der Waals surface area contributed by atoms with E-state index in [1.807, 2.05) is 0 Å². The molecule has 0 aromatic rings. The van der Waals surface area contributed by atoms with Gasteiger partial charge in [-0.3, -0.25) is 37.3 Å². The molecule has 17 nitrogen and oxygen atoms in total. The normalized spacial score (nSPS) is 13.8. The van der Waals surface area contributed by atoms with Crippen LogP contribution in [0.4, 0.5) is 0 Å². The van der Waals surface area contributed by atoms with E-state index in [-0.39, 0.29) is 25.7 Å². The van der Waals surface area contributed by atoms with Crippen LogP contribution in [0.25, 0.3) is 0 Å². The van der Waals surface area contributed by atoms with Gasteiger partial charge in [-0.15, -0.1) is 0 Å².